The number of carbonyl (C=O) groups excluding carboxylic acids is 1. The van der Waals surface area contributed by atoms with Crippen molar-refractivity contribution in [3.05, 3.63) is 36.2 Å². The Morgan fingerprint density at radius 2 is 1.96 bits per heavy atom. The lowest BCUT2D eigenvalue weighted by atomic mass is 10.2. The van der Waals surface area contributed by atoms with Gasteiger partial charge in [-0.15, -0.1) is 5.10 Å². The predicted molar refractivity (Wildman–Crippen MR) is 75.2 cm³/mol. The van der Waals surface area contributed by atoms with Gasteiger partial charge in [0.1, 0.15) is 13.2 Å². The number of hydrogen-bond acceptors (Lipinski definition) is 8. The average molecular weight is 314 g/mol. The molecule has 1 N–H and O–H groups in total. The SMILES string of the molecule is O=C(Nc1nnc(-c2ccc3c(c2)OCCO3)o1)c1ccno1. The van der Waals surface area contributed by atoms with Crippen LogP contribution < -0.4 is 14.8 Å². The first kappa shape index (κ1) is 13.3. The second-order valence-corrected chi connectivity index (χ2v) is 4.60. The Labute approximate surface area is 129 Å². The van der Waals surface area contributed by atoms with Crippen LogP contribution in [-0.4, -0.2) is 34.5 Å². The minimum absolute atomic E-state index is 0.0451. The molecule has 116 valence electrons. The van der Waals surface area contributed by atoms with E-state index in [0.717, 1.165) is 0 Å². The maximum absolute atomic E-state index is 11.8. The topological polar surface area (TPSA) is 113 Å². The van der Waals surface area contributed by atoms with Crippen LogP contribution in [-0.2, 0) is 0 Å². The van der Waals surface area contributed by atoms with Gasteiger partial charge in [-0.05, 0) is 18.2 Å². The molecule has 9 heteroatoms. The molecule has 0 spiro atoms. The minimum atomic E-state index is -0.528. The van der Waals surface area contributed by atoms with E-state index >= 15 is 0 Å². The van der Waals surface area contributed by atoms with Crippen LogP contribution in [0.15, 0.2) is 39.4 Å². The molecular formula is C14H10N4O5. The number of nitrogens with one attached hydrogen (secondary N) is 1. The molecular weight excluding hydrogens is 304 g/mol. The number of hydrogen-bond donors (Lipinski definition) is 1. The highest BCUT2D eigenvalue weighted by molar-refractivity contribution is 6.00. The maximum Gasteiger partial charge on any atom is 0.322 e. The minimum Gasteiger partial charge on any atom is -0.486 e. The van der Waals surface area contributed by atoms with E-state index in [2.05, 4.69) is 20.7 Å². The molecule has 0 aliphatic carbocycles. The molecule has 23 heavy (non-hydrogen) atoms. The van der Waals surface area contributed by atoms with Crippen molar-refractivity contribution < 1.29 is 23.2 Å². The van der Waals surface area contributed by atoms with Gasteiger partial charge >= 0.3 is 6.01 Å². The summed E-state index contributed by atoms with van der Waals surface area (Å²) in [6.07, 6.45) is 1.36. The van der Waals surface area contributed by atoms with Crippen LogP contribution >= 0.6 is 0 Å². The summed E-state index contributed by atoms with van der Waals surface area (Å²) in [5, 5.41) is 13.5. The van der Waals surface area contributed by atoms with Gasteiger partial charge in [0.15, 0.2) is 11.5 Å². The summed E-state index contributed by atoms with van der Waals surface area (Å²) in [6.45, 7) is 1.00. The van der Waals surface area contributed by atoms with Crippen LogP contribution in [0.25, 0.3) is 11.5 Å². The zero-order valence-corrected chi connectivity index (χ0v) is 11.7. The third kappa shape index (κ3) is 2.59. The fourth-order valence-corrected chi connectivity index (χ4v) is 2.06. The molecule has 0 fully saturated rings. The van der Waals surface area contributed by atoms with Gasteiger partial charge in [-0.3, -0.25) is 10.1 Å². The van der Waals surface area contributed by atoms with Crippen molar-refractivity contribution in [2.75, 3.05) is 18.5 Å². The van der Waals surface area contributed by atoms with Gasteiger partial charge in [0.25, 0.3) is 5.91 Å². The van der Waals surface area contributed by atoms with Crippen molar-refractivity contribution in [1.82, 2.24) is 15.4 Å². The first-order valence-electron chi connectivity index (χ1n) is 6.75. The van der Waals surface area contributed by atoms with Gasteiger partial charge in [0, 0.05) is 11.6 Å². The van der Waals surface area contributed by atoms with Crippen molar-refractivity contribution in [3.63, 3.8) is 0 Å². The van der Waals surface area contributed by atoms with Gasteiger partial charge in [0.2, 0.25) is 11.7 Å². The Morgan fingerprint density at radius 3 is 2.78 bits per heavy atom. The lowest BCUT2D eigenvalue weighted by Crippen LogP contribution is -2.15. The molecule has 0 saturated heterocycles. The second-order valence-electron chi connectivity index (χ2n) is 4.60. The smallest absolute Gasteiger partial charge is 0.322 e. The van der Waals surface area contributed by atoms with Gasteiger partial charge in [-0.25, -0.2) is 0 Å². The summed E-state index contributed by atoms with van der Waals surface area (Å²) in [7, 11) is 0. The number of ether oxygens (including phenoxy) is 2. The van der Waals surface area contributed by atoms with E-state index in [1.165, 1.54) is 12.3 Å². The van der Waals surface area contributed by atoms with Crippen molar-refractivity contribution >= 4 is 11.9 Å². The number of anilines is 1. The fraction of sp³-hybridized carbons (Fsp3) is 0.143. The molecule has 1 aromatic carbocycles. The lowest BCUT2D eigenvalue weighted by molar-refractivity contribution is 0.0985. The standard InChI is InChI=1S/C14H10N4O5/c19-12(10-3-4-15-23-10)16-14-18-17-13(22-14)8-1-2-9-11(7-8)21-6-5-20-9/h1-4,7H,5-6H2,(H,16,18,19). The summed E-state index contributed by atoms with van der Waals surface area (Å²) < 4.78 is 21.1. The summed E-state index contributed by atoms with van der Waals surface area (Å²) >= 11 is 0. The predicted octanol–water partition coefficient (Wildman–Crippen LogP) is 1.75. The average Bonchev–Trinajstić information content (AvgIpc) is 3.26. The molecule has 0 saturated carbocycles. The zero-order chi connectivity index (χ0) is 15.6. The zero-order valence-electron chi connectivity index (χ0n) is 11.7. The van der Waals surface area contributed by atoms with Gasteiger partial charge < -0.3 is 18.4 Å². The molecule has 3 heterocycles. The van der Waals surface area contributed by atoms with Crippen molar-refractivity contribution in [1.29, 1.82) is 0 Å². The van der Waals surface area contributed by atoms with Crippen LogP contribution in [0, 0.1) is 0 Å². The fourth-order valence-electron chi connectivity index (χ4n) is 2.06. The Bertz CT molecular complexity index is 843. The van der Waals surface area contributed by atoms with Gasteiger partial charge in [0.05, 0.1) is 6.20 Å². The van der Waals surface area contributed by atoms with Crippen LogP contribution in [0.5, 0.6) is 11.5 Å². The Morgan fingerprint density at radius 1 is 1.09 bits per heavy atom. The molecule has 1 amide bonds. The van der Waals surface area contributed by atoms with E-state index in [4.69, 9.17) is 18.4 Å². The van der Waals surface area contributed by atoms with Crippen molar-refractivity contribution in [3.8, 4) is 23.0 Å². The van der Waals surface area contributed by atoms with E-state index in [1.54, 1.807) is 18.2 Å². The molecule has 2 aromatic heterocycles. The van der Waals surface area contributed by atoms with E-state index in [-0.39, 0.29) is 17.7 Å². The molecule has 0 atom stereocenters. The number of aromatic nitrogens is 3. The second kappa shape index (κ2) is 5.44. The van der Waals surface area contributed by atoms with E-state index < -0.39 is 5.91 Å². The van der Waals surface area contributed by atoms with E-state index in [0.29, 0.717) is 30.3 Å². The van der Waals surface area contributed by atoms with E-state index in [1.807, 2.05) is 0 Å². The van der Waals surface area contributed by atoms with Crippen LogP contribution in [0.2, 0.25) is 0 Å². The van der Waals surface area contributed by atoms with Gasteiger partial charge in [-0.1, -0.05) is 10.3 Å². The number of rotatable bonds is 3. The van der Waals surface area contributed by atoms with Crippen LogP contribution in [0.1, 0.15) is 10.6 Å². The monoisotopic (exact) mass is 314 g/mol. The van der Waals surface area contributed by atoms with E-state index in [9.17, 15) is 4.79 Å². The number of carbonyl (C=O) groups is 1. The molecule has 1 aliphatic rings. The Kier molecular flexibility index (Phi) is 3.15. The quantitative estimate of drug-likeness (QED) is 0.778. The highest BCUT2D eigenvalue weighted by atomic mass is 16.6. The Balaban J connectivity index is 1.55. The summed E-state index contributed by atoms with van der Waals surface area (Å²) in [4.78, 5) is 11.8. The molecule has 0 unspecified atom stereocenters. The Hall–Kier alpha value is -3.36. The number of fused-ring (bicyclic) bond motifs is 1. The van der Waals surface area contributed by atoms with Crippen LogP contribution in [0.4, 0.5) is 6.01 Å². The molecule has 0 bridgehead atoms. The number of amides is 1. The number of benzene rings is 1. The van der Waals surface area contributed by atoms with Crippen LogP contribution in [0.3, 0.4) is 0 Å². The molecule has 3 aromatic rings. The lowest BCUT2D eigenvalue weighted by Gasteiger charge is -2.18. The third-order valence-corrected chi connectivity index (χ3v) is 3.10. The number of nitrogens with zero attached hydrogens (tertiary/aromatic N) is 3. The first-order valence-corrected chi connectivity index (χ1v) is 6.75. The summed E-state index contributed by atoms with van der Waals surface area (Å²) in [6, 6.07) is 6.65. The molecule has 4 rings (SSSR count). The summed E-state index contributed by atoms with van der Waals surface area (Å²) in [5.41, 5.74) is 0.655. The molecule has 9 nitrogen and oxygen atoms in total. The molecule has 0 radical (unpaired) electrons. The molecule has 1 aliphatic heterocycles. The first-order chi connectivity index (χ1) is 11.3. The largest absolute Gasteiger partial charge is 0.486 e. The highest BCUT2D eigenvalue weighted by Crippen LogP contribution is 2.34. The van der Waals surface area contributed by atoms with Crippen molar-refractivity contribution in [2.24, 2.45) is 0 Å². The third-order valence-electron chi connectivity index (χ3n) is 3.10. The maximum atomic E-state index is 11.8. The summed E-state index contributed by atoms with van der Waals surface area (Å²) in [5.74, 6) is 1.04. The highest BCUT2D eigenvalue weighted by Gasteiger charge is 2.17. The van der Waals surface area contributed by atoms with Crippen molar-refractivity contribution in [2.45, 2.75) is 0 Å². The normalized spacial score (nSPS) is 12.9. The van der Waals surface area contributed by atoms with Gasteiger partial charge in [-0.2, -0.15) is 0 Å².